The molecule has 18 heavy (non-hydrogen) atoms. The predicted octanol–water partition coefficient (Wildman–Crippen LogP) is 3.61. The average molecular weight is 284 g/mol. The number of hydrogen-bond acceptors (Lipinski definition) is 5. The molecule has 0 aromatic carbocycles. The molecule has 2 heterocycles. The van der Waals surface area contributed by atoms with Crippen molar-refractivity contribution in [1.82, 2.24) is 9.97 Å². The van der Waals surface area contributed by atoms with Gasteiger partial charge >= 0.3 is 5.97 Å². The Balaban J connectivity index is 2.30. The van der Waals surface area contributed by atoms with E-state index in [1.807, 2.05) is 6.92 Å². The van der Waals surface area contributed by atoms with E-state index in [1.54, 1.807) is 11.8 Å². The Hall–Kier alpha value is -1.01. The van der Waals surface area contributed by atoms with Crippen LogP contribution in [0, 0.1) is 6.92 Å². The van der Waals surface area contributed by atoms with Gasteiger partial charge in [0.05, 0.1) is 12.6 Å². The second-order valence-electron chi connectivity index (χ2n) is 3.95. The van der Waals surface area contributed by atoms with Crippen molar-refractivity contribution in [1.29, 1.82) is 0 Å². The molecule has 2 aromatic heterocycles. The summed E-state index contributed by atoms with van der Waals surface area (Å²) in [7, 11) is 1.40. The number of H-pyrrole nitrogens is 1. The van der Waals surface area contributed by atoms with Crippen LogP contribution in [-0.4, -0.2) is 28.8 Å². The highest BCUT2D eigenvalue weighted by Crippen LogP contribution is 2.31. The number of aromatic amines is 1. The largest absolute Gasteiger partial charge is 0.465 e. The van der Waals surface area contributed by atoms with Gasteiger partial charge in [-0.05, 0) is 13.3 Å². The lowest BCUT2D eigenvalue weighted by Crippen LogP contribution is -1.98. The van der Waals surface area contributed by atoms with Crippen molar-refractivity contribution in [2.24, 2.45) is 0 Å². The van der Waals surface area contributed by atoms with Crippen LogP contribution in [0.15, 0.2) is 5.16 Å². The maximum absolute atomic E-state index is 11.6. The van der Waals surface area contributed by atoms with E-state index in [9.17, 15) is 4.79 Å². The number of carbonyl (C=O) groups is 1. The Kier molecular flexibility index (Phi) is 4.29. The molecular weight excluding hydrogens is 268 g/mol. The lowest BCUT2D eigenvalue weighted by atomic mass is 10.3. The number of fused-ring (bicyclic) bond motifs is 1. The van der Waals surface area contributed by atoms with Crippen LogP contribution < -0.4 is 0 Å². The van der Waals surface area contributed by atoms with Crippen molar-refractivity contribution in [2.45, 2.75) is 31.8 Å². The van der Waals surface area contributed by atoms with E-state index in [1.165, 1.54) is 31.3 Å². The summed E-state index contributed by atoms with van der Waals surface area (Å²) in [5, 5.41) is 0.884. The van der Waals surface area contributed by atoms with Crippen LogP contribution in [0.4, 0.5) is 0 Å². The number of rotatable bonds is 5. The highest BCUT2D eigenvalue weighted by atomic mass is 32.2. The van der Waals surface area contributed by atoms with E-state index in [0.29, 0.717) is 4.88 Å². The lowest BCUT2D eigenvalue weighted by Gasteiger charge is -1.96. The Morgan fingerprint density at radius 1 is 1.56 bits per heavy atom. The maximum atomic E-state index is 11.6. The number of methoxy groups -OCH3 is 1. The van der Waals surface area contributed by atoms with Crippen LogP contribution in [0.2, 0.25) is 0 Å². The number of thioether (sulfide) groups is 1. The van der Waals surface area contributed by atoms with E-state index in [0.717, 1.165) is 26.8 Å². The van der Waals surface area contributed by atoms with Gasteiger partial charge in [-0.3, -0.25) is 0 Å². The van der Waals surface area contributed by atoms with Crippen molar-refractivity contribution >= 4 is 40.1 Å². The van der Waals surface area contributed by atoms with E-state index in [4.69, 9.17) is 4.74 Å². The van der Waals surface area contributed by atoms with Gasteiger partial charge in [-0.2, -0.15) is 0 Å². The summed E-state index contributed by atoms with van der Waals surface area (Å²) in [5.74, 6) is 0.745. The number of thiophene rings is 1. The van der Waals surface area contributed by atoms with Gasteiger partial charge in [0, 0.05) is 10.6 Å². The molecule has 0 amide bonds. The van der Waals surface area contributed by atoms with Crippen molar-refractivity contribution in [2.75, 3.05) is 12.9 Å². The van der Waals surface area contributed by atoms with E-state index in [-0.39, 0.29) is 5.97 Å². The quantitative estimate of drug-likeness (QED) is 0.517. The fourth-order valence-electron chi connectivity index (χ4n) is 1.64. The summed E-state index contributed by atoms with van der Waals surface area (Å²) in [6.45, 7) is 4.14. The topological polar surface area (TPSA) is 55.0 Å². The van der Waals surface area contributed by atoms with Crippen molar-refractivity contribution in [3.8, 4) is 0 Å². The minimum absolute atomic E-state index is 0.299. The van der Waals surface area contributed by atoms with Gasteiger partial charge in [0.25, 0.3) is 0 Å². The first-order valence-electron chi connectivity index (χ1n) is 5.87. The minimum Gasteiger partial charge on any atom is -0.465 e. The molecule has 0 bridgehead atoms. The number of nitrogens with one attached hydrogen (secondary N) is 1. The molecule has 0 radical (unpaired) electrons. The summed E-state index contributed by atoms with van der Waals surface area (Å²) in [6, 6.07) is 0. The zero-order chi connectivity index (χ0) is 13.1. The summed E-state index contributed by atoms with van der Waals surface area (Å²) in [6.07, 6.45) is 2.34. The Morgan fingerprint density at radius 3 is 3.00 bits per heavy atom. The molecule has 6 heteroatoms. The summed E-state index contributed by atoms with van der Waals surface area (Å²) in [4.78, 5) is 21.1. The molecule has 0 saturated heterocycles. The molecule has 1 N–H and O–H groups in total. The van der Waals surface area contributed by atoms with Gasteiger partial charge in [-0.15, -0.1) is 11.3 Å². The zero-order valence-electron chi connectivity index (χ0n) is 10.7. The SMILES string of the molecule is CCCCSc1nc2c(C)sc(C(=O)OC)c2[nH]1. The molecule has 0 atom stereocenters. The first-order chi connectivity index (χ1) is 8.67. The number of esters is 1. The molecule has 0 fully saturated rings. The maximum Gasteiger partial charge on any atom is 0.350 e. The molecule has 0 spiro atoms. The number of aromatic nitrogens is 2. The molecule has 0 saturated carbocycles. The molecule has 0 aliphatic heterocycles. The Labute approximate surface area is 114 Å². The highest BCUT2D eigenvalue weighted by molar-refractivity contribution is 7.99. The lowest BCUT2D eigenvalue weighted by molar-refractivity contribution is 0.0608. The smallest absolute Gasteiger partial charge is 0.350 e. The first kappa shape index (κ1) is 13.4. The van der Waals surface area contributed by atoms with Gasteiger partial charge in [0.1, 0.15) is 10.4 Å². The number of carbonyl (C=O) groups excluding carboxylic acids is 1. The second kappa shape index (κ2) is 5.75. The van der Waals surface area contributed by atoms with Crippen molar-refractivity contribution in [3.63, 3.8) is 0 Å². The van der Waals surface area contributed by atoms with E-state index >= 15 is 0 Å². The van der Waals surface area contributed by atoms with Gasteiger partial charge in [0.15, 0.2) is 5.16 Å². The monoisotopic (exact) mass is 284 g/mol. The Morgan fingerprint density at radius 2 is 2.33 bits per heavy atom. The van der Waals surface area contributed by atoms with Crippen LogP contribution in [0.5, 0.6) is 0 Å². The molecule has 98 valence electrons. The number of imidazole rings is 1. The first-order valence-corrected chi connectivity index (χ1v) is 7.67. The number of nitrogens with zero attached hydrogens (tertiary/aromatic N) is 1. The molecule has 0 aliphatic rings. The van der Waals surface area contributed by atoms with Crippen LogP contribution in [0.25, 0.3) is 11.0 Å². The van der Waals surface area contributed by atoms with Gasteiger partial charge in [-0.25, -0.2) is 9.78 Å². The average Bonchev–Trinajstić information content (AvgIpc) is 2.90. The van der Waals surface area contributed by atoms with Crippen molar-refractivity contribution < 1.29 is 9.53 Å². The molecule has 4 nitrogen and oxygen atoms in total. The van der Waals surface area contributed by atoms with Crippen LogP contribution in [0.1, 0.15) is 34.3 Å². The number of ether oxygens (including phenoxy) is 1. The third kappa shape index (κ3) is 2.54. The van der Waals surface area contributed by atoms with Crippen molar-refractivity contribution in [3.05, 3.63) is 9.75 Å². The van der Waals surface area contributed by atoms with Crippen LogP contribution >= 0.6 is 23.1 Å². The van der Waals surface area contributed by atoms with Crippen LogP contribution in [-0.2, 0) is 4.74 Å². The number of hydrogen-bond donors (Lipinski definition) is 1. The second-order valence-corrected chi connectivity index (χ2v) is 6.25. The fraction of sp³-hybridized carbons (Fsp3) is 0.500. The Bertz CT molecular complexity index is 560. The third-order valence-corrected chi connectivity index (χ3v) is 4.64. The summed E-state index contributed by atoms with van der Waals surface area (Å²) < 4.78 is 4.78. The molecule has 0 unspecified atom stereocenters. The predicted molar refractivity (Wildman–Crippen MR) is 75.7 cm³/mol. The van der Waals surface area contributed by atoms with E-state index in [2.05, 4.69) is 16.9 Å². The normalized spacial score (nSPS) is 11.1. The molecule has 2 aromatic rings. The summed E-state index contributed by atoms with van der Waals surface area (Å²) >= 11 is 3.12. The summed E-state index contributed by atoms with van der Waals surface area (Å²) in [5.41, 5.74) is 1.70. The minimum atomic E-state index is -0.299. The van der Waals surface area contributed by atoms with Gasteiger partial charge < -0.3 is 9.72 Å². The van der Waals surface area contributed by atoms with Gasteiger partial charge in [0.2, 0.25) is 0 Å². The zero-order valence-corrected chi connectivity index (χ0v) is 12.3. The molecular formula is C12H16N2O2S2. The fourth-order valence-corrected chi connectivity index (χ4v) is 3.56. The van der Waals surface area contributed by atoms with Crippen LogP contribution in [0.3, 0.4) is 0 Å². The van der Waals surface area contributed by atoms with Gasteiger partial charge in [-0.1, -0.05) is 25.1 Å². The number of aryl methyl sites for hydroxylation is 1. The molecule has 2 rings (SSSR count). The third-order valence-electron chi connectivity index (χ3n) is 2.61. The standard InChI is InChI=1S/C12H16N2O2S2/c1-4-5-6-17-12-13-8-7(2)18-10(9(8)14-12)11(15)16-3/h4-6H2,1-3H3,(H,13,14). The van der Waals surface area contributed by atoms with E-state index < -0.39 is 0 Å². The highest BCUT2D eigenvalue weighted by Gasteiger charge is 2.19. The molecule has 0 aliphatic carbocycles. The number of unbranched alkanes of at least 4 members (excludes halogenated alkanes) is 1.